The summed E-state index contributed by atoms with van der Waals surface area (Å²) in [7, 11) is 0. The molecule has 5 nitrogen and oxygen atoms in total. The van der Waals surface area contributed by atoms with Gasteiger partial charge in [0.25, 0.3) is 0 Å². The Kier molecular flexibility index (Phi) is 134. The molecule has 0 atom stereocenters. The Morgan fingerprint density at radius 2 is 1.11 bits per heavy atom. The van der Waals surface area contributed by atoms with Crippen molar-refractivity contribution in [2.45, 2.75) is 0 Å². The molecule has 6 N–H and O–H groups in total. The summed E-state index contributed by atoms with van der Waals surface area (Å²) >= 11 is 0. The second-order valence-electron chi connectivity index (χ2n) is 0.283. The van der Waals surface area contributed by atoms with Crippen molar-refractivity contribution in [2.24, 2.45) is 0 Å². The van der Waals surface area contributed by atoms with Crippen LogP contribution in [0.15, 0.2) is 0 Å². The van der Waals surface area contributed by atoms with Crippen molar-refractivity contribution in [3.8, 4) is 0 Å². The molecule has 0 saturated heterocycles. The molecule has 8 heteroatoms. The summed E-state index contributed by atoms with van der Waals surface area (Å²) < 4.78 is 0. The first kappa shape index (κ1) is 39.7. The molecule has 0 unspecified atom stereocenters. The van der Waals surface area contributed by atoms with Gasteiger partial charge in [-0.1, -0.05) is 0 Å². The van der Waals surface area contributed by atoms with Crippen molar-refractivity contribution >= 4 is 51.6 Å². The van der Waals surface area contributed by atoms with Crippen molar-refractivity contribution in [3.05, 3.63) is 0 Å². The molecule has 0 rings (SSSR count). The molecule has 0 amide bonds. The zero-order valence-corrected chi connectivity index (χ0v) is 10.6. The van der Waals surface area contributed by atoms with Crippen LogP contribution in [0.4, 0.5) is 4.79 Å². The first-order valence-electron chi connectivity index (χ1n) is 0.651. The fourth-order valence-electron chi connectivity index (χ4n) is 0. The van der Waals surface area contributed by atoms with Crippen LogP contribution in [0, 0.1) is 77.3 Å². The van der Waals surface area contributed by atoms with Crippen LogP contribution >= 0.6 is 0 Å². The van der Waals surface area contributed by atoms with Gasteiger partial charge in [0.2, 0.25) is 0 Å². The summed E-state index contributed by atoms with van der Waals surface area (Å²) in [5.74, 6) is 0. The summed E-state index contributed by atoms with van der Waals surface area (Å²) in [5, 5.41) is 13.9. The predicted octanol–water partition coefficient (Wildman–Crippen LogP) is -2.34. The molecule has 0 fully saturated rings. The van der Waals surface area contributed by atoms with E-state index < -0.39 is 6.16 Å². The Hall–Kier alpha value is 3.24. The molecule has 0 aliphatic heterocycles. The van der Waals surface area contributed by atoms with Gasteiger partial charge in [-0.25, -0.2) is 4.79 Å². The third-order valence-electron chi connectivity index (χ3n) is 0. The molecule has 9 heavy (non-hydrogen) atoms. The first-order valence-corrected chi connectivity index (χ1v) is 0.651. The third-order valence-corrected chi connectivity index (χ3v) is 0. The predicted molar refractivity (Wildman–Crippen MR) is 26.4 cm³/mol. The second-order valence-corrected chi connectivity index (χ2v) is 0.283. The summed E-state index contributed by atoms with van der Waals surface area (Å²) in [6, 6.07) is 0. The fraction of sp³-hybridized carbons (Fsp3) is 0. The van der Waals surface area contributed by atoms with Crippen LogP contribution in [0.5, 0.6) is 0 Å². The fourth-order valence-corrected chi connectivity index (χ4v) is 0. The van der Waals surface area contributed by atoms with Crippen molar-refractivity contribution in [1.29, 1.82) is 0 Å². The maximum absolute atomic E-state index is 8.56. The maximum atomic E-state index is 8.56. The first-order chi connectivity index (χ1) is 1.73. The zero-order chi connectivity index (χ0) is 3.58. The van der Waals surface area contributed by atoms with Crippen LogP contribution in [0.25, 0.3) is 0 Å². The summed E-state index contributed by atoms with van der Waals surface area (Å²) in [6.45, 7) is 0. The van der Waals surface area contributed by atoms with Gasteiger partial charge in [0.05, 0.1) is 0 Å². The van der Waals surface area contributed by atoms with Crippen LogP contribution in [0.3, 0.4) is 0 Å². The van der Waals surface area contributed by atoms with E-state index in [0.29, 0.717) is 0 Å². The Labute approximate surface area is 151 Å². The average molecular weight is 467 g/mol. The molecule has 1 radical (unpaired) electrons. The topological polar surface area (TPSA) is 121 Å². The standard InChI is InChI=1S/CH2O3.Ce.La.2H2O.Sr.2H/c2-1(3)4;;;;;;;/h(H2,2,3,4);;;2*1H2;;;. The number of hydrogen-bond donors (Lipinski definition) is 2. The van der Waals surface area contributed by atoms with Gasteiger partial charge in [-0.15, -0.1) is 0 Å². The van der Waals surface area contributed by atoms with Crippen LogP contribution < -0.4 is 0 Å². The van der Waals surface area contributed by atoms with Crippen molar-refractivity contribution in [1.82, 2.24) is 0 Å². The number of hydrogen-bond acceptors (Lipinski definition) is 1. The van der Waals surface area contributed by atoms with Gasteiger partial charge >= 0.3 is 51.6 Å². The van der Waals surface area contributed by atoms with E-state index in [1.807, 2.05) is 0 Å². The normalized spacial score (nSPS) is 2.67. The SMILES string of the molecule is O.O.O=C(O)O.[Ce].[La].[SrH2]. The molecule has 0 heterocycles. The minimum atomic E-state index is -1.83. The average Bonchev–Trinajstić information content (AvgIpc) is 0.811. The molecule has 51 valence electrons. The van der Waals surface area contributed by atoms with E-state index in [9.17, 15) is 0 Å². The van der Waals surface area contributed by atoms with Gasteiger partial charge in [0.15, 0.2) is 0 Å². The van der Waals surface area contributed by atoms with Crippen molar-refractivity contribution < 1.29 is 103 Å². The van der Waals surface area contributed by atoms with Crippen molar-refractivity contribution in [3.63, 3.8) is 0 Å². The molecule has 0 aromatic carbocycles. The van der Waals surface area contributed by atoms with Crippen LogP contribution in [-0.2, 0) is 0 Å². The molecule has 0 aromatic heterocycles. The number of carbonyl (C=O) groups is 1. The Morgan fingerprint density at radius 3 is 1.11 bits per heavy atom. The van der Waals surface area contributed by atoms with E-state index in [1.165, 1.54) is 0 Å². The quantitative estimate of drug-likeness (QED) is 0.389. The molecule has 0 bridgehead atoms. The van der Waals surface area contributed by atoms with E-state index in [-0.39, 0.29) is 134 Å². The Morgan fingerprint density at radius 1 is 1.11 bits per heavy atom. The minimum absolute atomic E-state index is 0. The molecular weight excluding hydrogens is 459 g/mol. The van der Waals surface area contributed by atoms with Crippen LogP contribution in [0.1, 0.15) is 0 Å². The Balaban J connectivity index is -0.00000000450. The van der Waals surface area contributed by atoms with Gasteiger partial charge in [-0.3, -0.25) is 0 Å². The van der Waals surface area contributed by atoms with E-state index in [4.69, 9.17) is 15.0 Å². The zero-order valence-electron chi connectivity index (χ0n) is 3.88. The molecule has 0 spiro atoms. The summed E-state index contributed by atoms with van der Waals surface area (Å²) in [6.07, 6.45) is -1.83. The molecule has 0 aliphatic carbocycles. The van der Waals surface area contributed by atoms with E-state index in [1.54, 1.807) is 0 Å². The van der Waals surface area contributed by atoms with Gasteiger partial charge in [0.1, 0.15) is 0 Å². The summed E-state index contributed by atoms with van der Waals surface area (Å²) in [5.41, 5.74) is 0. The molecule has 0 aromatic rings. The summed E-state index contributed by atoms with van der Waals surface area (Å²) in [4.78, 5) is 8.56. The molecular formula is CH8CeLaO5Sr. The Bertz CT molecular complexity index is 39.9. The van der Waals surface area contributed by atoms with Gasteiger partial charge in [-0.05, 0) is 0 Å². The monoisotopic (exact) mass is 467 g/mol. The van der Waals surface area contributed by atoms with Crippen LogP contribution in [0.2, 0.25) is 0 Å². The van der Waals surface area contributed by atoms with E-state index >= 15 is 0 Å². The molecule has 0 aliphatic rings. The second kappa shape index (κ2) is 30.3. The number of rotatable bonds is 0. The van der Waals surface area contributed by atoms with E-state index in [2.05, 4.69) is 0 Å². The van der Waals surface area contributed by atoms with E-state index in [0.717, 1.165) is 0 Å². The third kappa shape index (κ3) is 91.4. The van der Waals surface area contributed by atoms with Gasteiger partial charge in [0, 0.05) is 77.3 Å². The van der Waals surface area contributed by atoms with Gasteiger partial charge < -0.3 is 21.2 Å². The van der Waals surface area contributed by atoms with Crippen molar-refractivity contribution in [2.75, 3.05) is 0 Å². The molecule has 0 saturated carbocycles. The van der Waals surface area contributed by atoms with Crippen LogP contribution in [-0.4, -0.2) is 72.8 Å². The van der Waals surface area contributed by atoms with Gasteiger partial charge in [-0.2, -0.15) is 0 Å². The number of carboxylic acid groups (broad SMARTS) is 2.